The summed E-state index contributed by atoms with van der Waals surface area (Å²) < 4.78 is 0. The van der Waals surface area contributed by atoms with Crippen molar-refractivity contribution in [2.45, 2.75) is 33.7 Å². The molecule has 0 unspecified atom stereocenters. The average Bonchev–Trinajstić information content (AvgIpc) is 2.95. The first-order valence-electron chi connectivity index (χ1n) is 9.01. The summed E-state index contributed by atoms with van der Waals surface area (Å²) in [6.07, 6.45) is 3.49. The van der Waals surface area contributed by atoms with E-state index < -0.39 is 0 Å². The normalized spacial score (nSPS) is 16.5. The Morgan fingerprint density at radius 2 is 1.81 bits per heavy atom. The molecule has 0 bridgehead atoms. The van der Waals surface area contributed by atoms with Gasteiger partial charge in [-0.25, -0.2) is 9.97 Å². The van der Waals surface area contributed by atoms with Crippen LogP contribution in [-0.4, -0.2) is 58.7 Å². The van der Waals surface area contributed by atoms with Gasteiger partial charge in [0.05, 0.1) is 31.9 Å². The lowest BCUT2D eigenvalue weighted by Gasteiger charge is -2.34. The Bertz CT molecular complexity index is 807. The zero-order chi connectivity index (χ0) is 18.8. The van der Waals surface area contributed by atoms with Gasteiger partial charge in [0.2, 0.25) is 11.7 Å². The van der Waals surface area contributed by atoms with Gasteiger partial charge in [-0.3, -0.25) is 9.59 Å². The summed E-state index contributed by atoms with van der Waals surface area (Å²) >= 11 is 0. The van der Waals surface area contributed by atoms with Crippen molar-refractivity contribution >= 4 is 17.5 Å². The maximum absolute atomic E-state index is 13.0. The second kappa shape index (κ2) is 7.37. The quantitative estimate of drug-likeness (QED) is 0.767. The third kappa shape index (κ3) is 3.39. The van der Waals surface area contributed by atoms with Crippen molar-refractivity contribution in [3.05, 3.63) is 41.0 Å². The fourth-order valence-corrected chi connectivity index (χ4v) is 3.81. The van der Waals surface area contributed by atoms with E-state index in [4.69, 9.17) is 0 Å². The van der Waals surface area contributed by atoms with Crippen molar-refractivity contribution in [3.8, 4) is 0 Å². The van der Waals surface area contributed by atoms with E-state index in [2.05, 4.69) is 19.9 Å². The topological polar surface area (TPSA) is 83.4 Å². The first-order chi connectivity index (χ1) is 12.4. The van der Waals surface area contributed by atoms with Crippen molar-refractivity contribution in [1.82, 2.24) is 15.0 Å². The van der Waals surface area contributed by atoms with Gasteiger partial charge in [0, 0.05) is 23.7 Å². The fraction of sp³-hybridized carbons (Fsp3) is 0.474. The van der Waals surface area contributed by atoms with Crippen LogP contribution in [0.5, 0.6) is 0 Å². The number of hydrogen-bond acceptors (Lipinski definition) is 5. The van der Waals surface area contributed by atoms with Gasteiger partial charge in [0.15, 0.2) is 11.8 Å². The predicted octanol–water partition coefficient (Wildman–Crippen LogP) is 0.600. The highest BCUT2D eigenvalue weighted by Crippen LogP contribution is 2.19. The second-order valence-electron chi connectivity index (χ2n) is 6.96. The molecule has 1 fully saturated rings. The number of carbonyl (C=O) groups excluding carboxylic acids is 2. The first-order valence-corrected chi connectivity index (χ1v) is 9.01. The Hall–Kier alpha value is -2.54. The molecule has 1 aliphatic heterocycles. The number of hydrogen-bond donors (Lipinski definition) is 2. The van der Waals surface area contributed by atoms with Gasteiger partial charge < -0.3 is 14.8 Å². The van der Waals surface area contributed by atoms with Crippen LogP contribution in [-0.2, 0) is 0 Å². The van der Waals surface area contributed by atoms with Crippen molar-refractivity contribution in [2.24, 2.45) is 0 Å². The highest BCUT2D eigenvalue weighted by Gasteiger charge is 2.32. The molecule has 138 valence electrons. The molecule has 3 rings (SSSR count). The Kier molecular flexibility index (Phi) is 5.18. The van der Waals surface area contributed by atoms with Crippen LogP contribution in [0.15, 0.2) is 18.5 Å². The van der Waals surface area contributed by atoms with Gasteiger partial charge in [-0.2, -0.15) is 0 Å². The first kappa shape index (κ1) is 18.3. The van der Waals surface area contributed by atoms with E-state index in [1.165, 1.54) is 11.8 Å². The van der Waals surface area contributed by atoms with E-state index in [1.807, 2.05) is 26.8 Å². The van der Waals surface area contributed by atoms with Crippen molar-refractivity contribution in [1.29, 1.82) is 0 Å². The number of rotatable bonds is 5. The van der Waals surface area contributed by atoms with Crippen LogP contribution in [0, 0.1) is 13.8 Å². The van der Waals surface area contributed by atoms with Crippen LogP contribution in [0.25, 0.3) is 0 Å². The Labute approximate surface area is 153 Å². The standard InChI is InChI=1S/C19H25N5O2/c1-12-16(15(4)25)13(2)22-17(12)18(26)14(3)23-8-10-24(11-9-23)19-20-6-5-7-21-19/h5-7,14,22H,8-11H2,1-4H3/p+1/t14-/m0/s1. The fourth-order valence-electron chi connectivity index (χ4n) is 3.81. The van der Waals surface area contributed by atoms with Crippen molar-refractivity contribution in [2.75, 3.05) is 31.1 Å². The van der Waals surface area contributed by atoms with Crippen LogP contribution < -0.4 is 9.80 Å². The number of Topliss-reactive ketones (excluding diaryl/α,β-unsaturated/α-hetero) is 2. The third-order valence-electron chi connectivity index (χ3n) is 5.28. The zero-order valence-corrected chi connectivity index (χ0v) is 15.8. The molecule has 0 spiro atoms. The molecule has 0 saturated carbocycles. The van der Waals surface area contributed by atoms with Crippen molar-refractivity contribution in [3.63, 3.8) is 0 Å². The minimum absolute atomic E-state index is 0.00762. The Morgan fingerprint density at radius 1 is 1.19 bits per heavy atom. The highest BCUT2D eigenvalue weighted by molar-refractivity contribution is 6.04. The summed E-state index contributed by atoms with van der Waals surface area (Å²) in [5.41, 5.74) is 2.75. The highest BCUT2D eigenvalue weighted by atomic mass is 16.1. The van der Waals surface area contributed by atoms with Gasteiger partial charge in [0.25, 0.3) is 0 Å². The maximum atomic E-state index is 13.0. The Morgan fingerprint density at radius 3 is 2.35 bits per heavy atom. The molecule has 26 heavy (non-hydrogen) atoms. The van der Waals surface area contributed by atoms with Crippen LogP contribution in [0.1, 0.15) is 46.0 Å². The molecule has 1 atom stereocenters. The van der Waals surface area contributed by atoms with Gasteiger partial charge in [-0.05, 0) is 39.3 Å². The SMILES string of the molecule is CC(=O)c1c(C)[nH]c(C(=O)[C@H](C)[NH+]2CCN(c3ncccn3)CC2)c1C. The molecule has 2 N–H and O–H groups in total. The van der Waals surface area contributed by atoms with Crippen LogP contribution in [0.3, 0.4) is 0 Å². The zero-order valence-electron chi connectivity index (χ0n) is 15.8. The summed E-state index contributed by atoms with van der Waals surface area (Å²) in [4.78, 5) is 39.9. The number of H-pyrrole nitrogens is 1. The minimum Gasteiger partial charge on any atom is -0.355 e. The third-order valence-corrected chi connectivity index (χ3v) is 5.28. The monoisotopic (exact) mass is 356 g/mol. The number of nitrogens with zero attached hydrogens (tertiary/aromatic N) is 3. The number of ketones is 2. The molecule has 0 radical (unpaired) electrons. The van der Waals surface area contributed by atoms with E-state index in [0.717, 1.165) is 43.4 Å². The molecular weight excluding hydrogens is 330 g/mol. The summed E-state index contributed by atoms with van der Waals surface area (Å²) in [7, 11) is 0. The number of nitrogens with one attached hydrogen (secondary N) is 2. The summed E-state index contributed by atoms with van der Waals surface area (Å²) in [5.74, 6) is 0.803. The molecule has 7 nitrogen and oxygen atoms in total. The number of carbonyl (C=O) groups is 2. The molecule has 7 heteroatoms. The number of quaternary nitrogens is 1. The second-order valence-corrected chi connectivity index (χ2v) is 6.96. The number of aromatic nitrogens is 3. The van der Waals surface area contributed by atoms with Crippen molar-refractivity contribution < 1.29 is 14.5 Å². The summed E-state index contributed by atoms with van der Waals surface area (Å²) in [6.45, 7) is 10.5. The molecule has 3 heterocycles. The molecule has 2 aromatic heterocycles. The Balaban J connectivity index is 1.69. The van der Waals surface area contributed by atoms with E-state index >= 15 is 0 Å². The molecule has 1 saturated heterocycles. The smallest absolute Gasteiger partial charge is 0.235 e. The van der Waals surface area contributed by atoms with Gasteiger partial charge in [-0.15, -0.1) is 0 Å². The lowest BCUT2D eigenvalue weighted by atomic mass is 10.0. The van der Waals surface area contributed by atoms with Gasteiger partial charge >= 0.3 is 0 Å². The van der Waals surface area contributed by atoms with E-state index in [9.17, 15) is 9.59 Å². The molecule has 2 aromatic rings. The van der Waals surface area contributed by atoms with E-state index in [0.29, 0.717) is 11.3 Å². The number of piperazine rings is 1. The molecule has 1 aliphatic rings. The maximum Gasteiger partial charge on any atom is 0.235 e. The van der Waals surface area contributed by atoms with Crippen LogP contribution >= 0.6 is 0 Å². The van der Waals surface area contributed by atoms with Gasteiger partial charge in [-0.1, -0.05) is 0 Å². The number of aryl methyl sites for hydroxylation is 1. The summed E-state index contributed by atoms with van der Waals surface area (Å²) in [5, 5.41) is 0. The largest absolute Gasteiger partial charge is 0.355 e. The lowest BCUT2D eigenvalue weighted by molar-refractivity contribution is -0.914. The average molecular weight is 356 g/mol. The number of aromatic amines is 1. The van der Waals surface area contributed by atoms with E-state index in [1.54, 1.807) is 12.4 Å². The van der Waals surface area contributed by atoms with E-state index in [-0.39, 0.29) is 17.6 Å². The molecule has 0 amide bonds. The minimum atomic E-state index is -0.162. The van der Waals surface area contributed by atoms with Gasteiger partial charge in [0.1, 0.15) is 0 Å². The van der Waals surface area contributed by atoms with Crippen LogP contribution in [0.4, 0.5) is 5.95 Å². The molecular formula is C19H26N5O2+. The molecule has 0 aromatic carbocycles. The predicted molar refractivity (Wildman–Crippen MR) is 99.0 cm³/mol. The summed E-state index contributed by atoms with van der Waals surface area (Å²) in [6, 6.07) is 1.65. The lowest BCUT2D eigenvalue weighted by Crippen LogP contribution is -3.18. The van der Waals surface area contributed by atoms with Crippen LogP contribution in [0.2, 0.25) is 0 Å². The number of anilines is 1. The molecule has 0 aliphatic carbocycles.